The quantitative estimate of drug-likeness (QED) is 0.922. The summed E-state index contributed by atoms with van der Waals surface area (Å²) in [7, 11) is 0. The minimum Gasteiger partial charge on any atom is -0.366 e. The molecule has 4 nitrogen and oxygen atoms in total. The molecule has 1 aliphatic rings. The van der Waals surface area contributed by atoms with Crippen LogP contribution in [0.1, 0.15) is 39.1 Å². The van der Waals surface area contributed by atoms with Gasteiger partial charge in [-0.1, -0.05) is 18.2 Å². The molecule has 1 fully saturated rings. The Kier molecular flexibility index (Phi) is 4.10. The van der Waals surface area contributed by atoms with Crippen molar-refractivity contribution in [3.05, 3.63) is 71.0 Å². The Morgan fingerprint density at radius 2 is 1.65 bits per heavy atom. The topological polar surface area (TPSA) is 63.4 Å². The second kappa shape index (κ2) is 6.20. The van der Waals surface area contributed by atoms with E-state index in [1.54, 1.807) is 35.2 Å². The molecule has 0 aromatic heterocycles. The third kappa shape index (κ3) is 3.39. The molecule has 0 bridgehead atoms. The molecule has 0 radical (unpaired) electrons. The number of primary amides is 1. The molecule has 1 aliphatic carbocycles. The van der Waals surface area contributed by atoms with E-state index >= 15 is 0 Å². The molecule has 1 saturated carbocycles. The van der Waals surface area contributed by atoms with E-state index in [2.05, 4.69) is 0 Å². The van der Waals surface area contributed by atoms with Gasteiger partial charge in [0.2, 0.25) is 5.91 Å². The summed E-state index contributed by atoms with van der Waals surface area (Å²) < 4.78 is 13.9. The lowest BCUT2D eigenvalue weighted by Crippen LogP contribution is -2.33. The smallest absolute Gasteiger partial charge is 0.254 e. The molecule has 118 valence electrons. The Bertz CT molecular complexity index is 739. The van der Waals surface area contributed by atoms with Gasteiger partial charge < -0.3 is 10.6 Å². The van der Waals surface area contributed by atoms with Crippen molar-refractivity contribution >= 4 is 11.8 Å². The Morgan fingerprint density at radius 1 is 1.04 bits per heavy atom. The molecule has 0 atom stereocenters. The Balaban J connectivity index is 1.82. The monoisotopic (exact) mass is 312 g/mol. The van der Waals surface area contributed by atoms with Crippen LogP contribution >= 0.6 is 0 Å². The minimum absolute atomic E-state index is 0.151. The van der Waals surface area contributed by atoms with Crippen molar-refractivity contribution in [2.45, 2.75) is 25.4 Å². The van der Waals surface area contributed by atoms with Crippen LogP contribution in [-0.4, -0.2) is 22.8 Å². The second-order valence-electron chi connectivity index (χ2n) is 5.70. The lowest BCUT2D eigenvalue weighted by Gasteiger charge is -2.23. The number of benzene rings is 2. The van der Waals surface area contributed by atoms with Crippen LogP contribution in [0, 0.1) is 5.82 Å². The first-order chi connectivity index (χ1) is 11.1. The van der Waals surface area contributed by atoms with Crippen LogP contribution in [0.15, 0.2) is 48.5 Å². The molecule has 2 amide bonds. The van der Waals surface area contributed by atoms with Crippen LogP contribution in [0.4, 0.5) is 4.39 Å². The number of rotatable bonds is 5. The van der Waals surface area contributed by atoms with E-state index in [0.717, 1.165) is 12.8 Å². The molecule has 2 aromatic rings. The van der Waals surface area contributed by atoms with E-state index in [9.17, 15) is 14.0 Å². The fraction of sp³-hybridized carbons (Fsp3) is 0.222. The fourth-order valence-corrected chi connectivity index (χ4v) is 2.51. The Hall–Kier alpha value is -2.69. The fourth-order valence-electron chi connectivity index (χ4n) is 2.51. The Labute approximate surface area is 133 Å². The van der Waals surface area contributed by atoms with Gasteiger partial charge in [-0.3, -0.25) is 9.59 Å². The zero-order valence-electron chi connectivity index (χ0n) is 12.5. The van der Waals surface area contributed by atoms with Crippen LogP contribution in [0.5, 0.6) is 0 Å². The van der Waals surface area contributed by atoms with E-state index in [4.69, 9.17) is 5.73 Å². The molecule has 0 unspecified atom stereocenters. The number of carbonyl (C=O) groups is 2. The standard InChI is InChI=1S/C18H17FN2O2/c19-16-4-2-1-3-14(16)11-21(15-9-10-15)18(23)13-7-5-12(6-8-13)17(20)22/h1-8,15H,9-11H2,(H2,20,22). The first-order valence-electron chi connectivity index (χ1n) is 7.50. The lowest BCUT2D eigenvalue weighted by molar-refractivity contribution is 0.0728. The summed E-state index contributed by atoms with van der Waals surface area (Å²) in [5.74, 6) is -1.00. The van der Waals surface area contributed by atoms with Crippen molar-refractivity contribution < 1.29 is 14.0 Å². The Morgan fingerprint density at radius 3 is 2.22 bits per heavy atom. The van der Waals surface area contributed by atoms with Crippen molar-refractivity contribution in [2.75, 3.05) is 0 Å². The van der Waals surface area contributed by atoms with Crippen molar-refractivity contribution in [3.63, 3.8) is 0 Å². The summed E-state index contributed by atoms with van der Waals surface area (Å²) in [4.78, 5) is 25.5. The highest BCUT2D eigenvalue weighted by Crippen LogP contribution is 2.30. The van der Waals surface area contributed by atoms with Crippen molar-refractivity contribution in [2.24, 2.45) is 5.73 Å². The molecular weight excluding hydrogens is 295 g/mol. The summed E-state index contributed by atoms with van der Waals surface area (Å²) in [5.41, 5.74) is 6.53. The molecule has 2 aromatic carbocycles. The van der Waals surface area contributed by atoms with Gasteiger partial charge in [0.1, 0.15) is 5.82 Å². The largest absolute Gasteiger partial charge is 0.366 e. The highest BCUT2D eigenvalue weighted by molar-refractivity contribution is 5.97. The first kappa shape index (κ1) is 15.2. The van der Waals surface area contributed by atoms with Gasteiger partial charge in [0.15, 0.2) is 0 Å². The zero-order valence-corrected chi connectivity index (χ0v) is 12.5. The normalized spacial score (nSPS) is 13.6. The second-order valence-corrected chi connectivity index (χ2v) is 5.70. The van der Waals surface area contributed by atoms with E-state index in [1.807, 2.05) is 0 Å². The van der Waals surface area contributed by atoms with Crippen molar-refractivity contribution in [3.8, 4) is 0 Å². The van der Waals surface area contributed by atoms with Gasteiger partial charge in [0.05, 0.1) is 0 Å². The zero-order chi connectivity index (χ0) is 16.4. The SMILES string of the molecule is NC(=O)c1ccc(C(=O)N(Cc2ccccc2F)C2CC2)cc1. The molecular formula is C18H17FN2O2. The maximum absolute atomic E-state index is 13.9. The number of amides is 2. The maximum atomic E-state index is 13.9. The molecule has 0 saturated heterocycles. The lowest BCUT2D eigenvalue weighted by atomic mass is 10.1. The molecule has 0 heterocycles. The number of halogens is 1. The van der Waals surface area contributed by atoms with Crippen LogP contribution in [0.2, 0.25) is 0 Å². The van der Waals surface area contributed by atoms with Gasteiger partial charge in [0, 0.05) is 29.3 Å². The third-order valence-electron chi connectivity index (χ3n) is 3.96. The van der Waals surface area contributed by atoms with Gasteiger partial charge in [0.25, 0.3) is 5.91 Å². The van der Waals surface area contributed by atoms with Crippen molar-refractivity contribution in [1.82, 2.24) is 4.90 Å². The van der Waals surface area contributed by atoms with E-state index < -0.39 is 5.91 Å². The molecule has 3 rings (SSSR count). The molecule has 2 N–H and O–H groups in total. The summed E-state index contributed by atoms with van der Waals surface area (Å²) >= 11 is 0. The van der Waals surface area contributed by atoms with Gasteiger partial charge in [-0.15, -0.1) is 0 Å². The summed E-state index contributed by atoms with van der Waals surface area (Å²) in [6.07, 6.45) is 1.86. The van der Waals surface area contributed by atoms with Crippen LogP contribution in [0.3, 0.4) is 0 Å². The average Bonchev–Trinajstić information content (AvgIpc) is 3.38. The summed E-state index contributed by atoms with van der Waals surface area (Å²) in [6.45, 7) is 0.244. The number of carbonyl (C=O) groups excluding carboxylic acids is 2. The van der Waals surface area contributed by atoms with Crippen molar-refractivity contribution in [1.29, 1.82) is 0 Å². The highest BCUT2D eigenvalue weighted by Gasteiger charge is 2.33. The summed E-state index contributed by atoms with van der Waals surface area (Å²) in [5, 5.41) is 0. The third-order valence-corrected chi connectivity index (χ3v) is 3.96. The average molecular weight is 312 g/mol. The summed E-state index contributed by atoms with van der Waals surface area (Å²) in [6, 6.07) is 12.9. The maximum Gasteiger partial charge on any atom is 0.254 e. The predicted molar refractivity (Wildman–Crippen MR) is 84.3 cm³/mol. The molecule has 23 heavy (non-hydrogen) atoms. The van der Waals surface area contributed by atoms with Gasteiger partial charge in [-0.2, -0.15) is 0 Å². The number of nitrogens with two attached hydrogens (primary N) is 1. The number of hydrogen-bond donors (Lipinski definition) is 1. The highest BCUT2D eigenvalue weighted by atomic mass is 19.1. The minimum atomic E-state index is -0.533. The van der Waals surface area contributed by atoms with E-state index in [0.29, 0.717) is 16.7 Å². The molecule has 0 aliphatic heterocycles. The van der Waals surface area contributed by atoms with Gasteiger partial charge in [-0.25, -0.2) is 4.39 Å². The first-order valence-corrected chi connectivity index (χ1v) is 7.50. The van der Waals surface area contributed by atoms with Crippen LogP contribution in [-0.2, 0) is 6.54 Å². The molecule has 0 spiro atoms. The van der Waals surface area contributed by atoms with Gasteiger partial charge >= 0.3 is 0 Å². The van der Waals surface area contributed by atoms with E-state index in [1.165, 1.54) is 18.2 Å². The number of hydrogen-bond acceptors (Lipinski definition) is 2. The van der Waals surface area contributed by atoms with E-state index in [-0.39, 0.29) is 24.3 Å². The van der Waals surface area contributed by atoms with Crippen LogP contribution in [0.25, 0.3) is 0 Å². The van der Waals surface area contributed by atoms with Crippen LogP contribution < -0.4 is 5.73 Å². The van der Waals surface area contributed by atoms with Gasteiger partial charge in [-0.05, 0) is 43.2 Å². The molecule has 5 heteroatoms. The predicted octanol–water partition coefficient (Wildman–Crippen LogP) is 2.73. The number of nitrogens with zero attached hydrogens (tertiary/aromatic N) is 1.